The Bertz CT molecular complexity index is 376. The van der Waals surface area contributed by atoms with Crippen LogP contribution in [-0.4, -0.2) is 36.9 Å². The SMILES string of the molecule is C[C@H](O)c1ccnc(N(C)CC2CCCOC2)c1. The van der Waals surface area contributed by atoms with Gasteiger partial charge in [-0.1, -0.05) is 0 Å². The van der Waals surface area contributed by atoms with E-state index in [1.165, 1.54) is 6.42 Å². The van der Waals surface area contributed by atoms with Gasteiger partial charge in [-0.2, -0.15) is 0 Å². The number of nitrogens with zero attached hydrogens (tertiary/aromatic N) is 2. The molecule has 4 nitrogen and oxygen atoms in total. The fourth-order valence-electron chi connectivity index (χ4n) is 2.33. The number of aliphatic hydroxyl groups excluding tert-OH is 1. The Kier molecular flexibility index (Phi) is 4.55. The Hall–Kier alpha value is -1.13. The lowest BCUT2D eigenvalue weighted by molar-refractivity contribution is 0.0576. The Labute approximate surface area is 109 Å². The predicted octanol–water partition coefficient (Wildman–Crippen LogP) is 2.00. The van der Waals surface area contributed by atoms with Crippen LogP contribution in [0.2, 0.25) is 0 Å². The average Bonchev–Trinajstić information content (AvgIpc) is 2.40. The molecule has 100 valence electrons. The summed E-state index contributed by atoms with van der Waals surface area (Å²) in [6.45, 7) is 4.47. The molecule has 2 atom stereocenters. The number of rotatable bonds is 4. The van der Waals surface area contributed by atoms with Gasteiger partial charge in [0.25, 0.3) is 0 Å². The van der Waals surface area contributed by atoms with Gasteiger partial charge < -0.3 is 14.7 Å². The van der Waals surface area contributed by atoms with E-state index in [1.54, 1.807) is 13.1 Å². The molecule has 0 radical (unpaired) electrons. The minimum atomic E-state index is -0.446. The van der Waals surface area contributed by atoms with Crippen LogP contribution in [-0.2, 0) is 4.74 Å². The Morgan fingerprint density at radius 3 is 3.11 bits per heavy atom. The third kappa shape index (κ3) is 3.43. The van der Waals surface area contributed by atoms with E-state index in [0.29, 0.717) is 5.92 Å². The zero-order valence-corrected chi connectivity index (χ0v) is 11.2. The molecule has 1 unspecified atom stereocenters. The normalized spacial score (nSPS) is 21.6. The Morgan fingerprint density at radius 1 is 1.61 bits per heavy atom. The van der Waals surface area contributed by atoms with E-state index in [2.05, 4.69) is 9.88 Å². The van der Waals surface area contributed by atoms with Crippen molar-refractivity contribution in [2.45, 2.75) is 25.9 Å². The molecule has 0 aliphatic carbocycles. The Balaban J connectivity index is 1.99. The fourth-order valence-corrected chi connectivity index (χ4v) is 2.33. The van der Waals surface area contributed by atoms with Crippen LogP contribution in [0.25, 0.3) is 0 Å². The lowest BCUT2D eigenvalue weighted by Gasteiger charge is -2.28. The van der Waals surface area contributed by atoms with Gasteiger partial charge in [-0.05, 0) is 43.4 Å². The number of aromatic nitrogens is 1. The van der Waals surface area contributed by atoms with Crippen molar-refractivity contribution in [3.05, 3.63) is 23.9 Å². The minimum absolute atomic E-state index is 0.446. The molecular weight excluding hydrogens is 228 g/mol. The monoisotopic (exact) mass is 250 g/mol. The van der Waals surface area contributed by atoms with Crippen molar-refractivity contribution in [3.63, 3.8) is 0 Å². The molecule has 18 heavy (non-hydrogen) atoms. The highest BCUT2D eigenvalue weighted by atomic mass is 16.5. The molecule has 2 rings (SSSR count). The van der Waals surface area contributed by atoms with Gasteiger partial charge in [0.2, 0.25) is 0 Å². The molecule has 0 spiro atoms. The summed E-state index contributed by atoms with van der Waals surface area (Å²) in [5.74, 6) is 1.50. The molecule has 0 bridgehead atoms. The first-order valence-electron chi connectivity index (χ1n) is 6.59. The van der Waals surface area contributed by atoms with Crippen LogP contribution >= 0.6 is 0 Å². The molecule has 1 aliphatic heterocycles. The Morgan fingerprint density at radius 2 is 2.44 bits per heavy atom. The van der Waals surface area contributed by atoms with Crippen molar-refractivity contribution < 1.29 is 9.84 Å². The van der Waals surface area contributed by atoms with Gasteiger partial charge in [-0.25, -0.2) is 4.98 Å². The molecular formula is C14H22N2O2. The molecule has 0 amide bonds. The van der Waals surface area contributed by atoms with E-state index in [0.717, 1.165) is 37.6 Å². The second-order valence-electron chi connectivity index (χ2n) is 5.09. The summed E-state index contributed by atoms with van der Waals surface area (Å²) in [6, 6.07) is 3.81. The molecule has 1 fully saturated rings. The quantitative estimate of drug-likeness (QED) is 0.887. The molecule has 0 aromatic carbocycles. The number of ether oxygens (including phenoxy) is 1. The number of anilines is 1. The van der Waals surface area contributed by atoms with Crippen molar-refractivity contribution in [1.29, 1.82) is 0 Å². The zero-order chi connectivity index (χ0) is 13.0. The van der Waals surface area contributed by atoms with Crippen molar-refractivity contribution in [3.8, 4) is 0 Å². The smallest absolute Gasteiger partial charge is 0.128 e. The number of aliphatic hydroxyl groups is 1. The topological polar surface area (TPSA) is 45.6 Å². The van der Waals surface area contributed by atoms with Crippen LogP contribution in [0.3, 0.4) is 0 Å². The summed E-state index contributed by atoms with van der Waals surface area (Å²) in [6.07, 6.45) is 3.68. The predicted molar refractivity (Wildman–Crippen MR) is 71.7 cm³/mol. The van der Waals surface area contributed by atoms with Gasteiger partial charge in [0.1, 0.15) is 5.82 Å². The van der Waals surface area contributed by atoms with Crippen LogP contribution in [0, 0.1) is 5.92 Å². The molecule has 1 aromatic heterocycles. The first-order chi connectivity index (χ1) is 8.66. The van der Waals surface area contributed by atoms with Crippen LogP contribution in [0.5, 0.6) is 0 Å². The summed E-state index contributed by atoms with van der Waals surface area (Å²) in [7, 11) is 2.04. The molecule has 2 heterocycles. The molecule has 1 N–H and O–H groups in total. The highest BCUT2D eigenvalue weighted by Gasteiger charge is 2.17. The summed E-state index contributed by atoms with van der Waals surface area (Å²) in [4.78, 5) is 6.51. The van der Waals surface area contributed by atoms with E-state index in [-0.39, 0.29) is 0 Å². The highest BCUT2D eigenvalue weighted by Crippen LogP contribution is 2.20. The largest absolute Gasteiger partial charge is 0.389 e. The standard InChI is InChI=1S/C14H22N2O2/c1-11(17)13-5-6-15-14(8-13)16(2)9-12-4-3-7-18-10-12/h5-6,8,11-12,17H,3-4,7,9-10H2,1-2H3/t11-,12?/m0/s1. The lowest BCUT2D eigenvalue weighted by Crippen LogP contribution is -2.31. The van der Waals surface area contributed by atoms with Gasteiger partial charge in [-0.3, -0.25) is 0 Å². The van der Waals surface area contributed by atoms with E-state index in [9.17, 15) is 5.11 Å². The van der Waals surface area contributed by atoms with Crippen molar-refractivity contribution in [2.75, 3.05) is 31.7 Å². The molecule has 1 saturated heterocycles. The van der Waals surface area contributed by atoms with Crippen molar-refractivity contribution in [1.82, 2.24) is 4.98 Å². The minimum Gasteiger partial charge on any atom is -0.389 e. The van der Waals surface area contributed by atoms with Crippen LogP contribution < -0.4 is 4.90 Å². The van der Waals surface area contributed by atoms with Gasteiger partial charge in [0.15, 0.2) is 0 Å². The fraction of sp³-hybridized carbons (Fsp3) is 0.643. The number of hydrogen-bond donors (Lipinski definition) is 1. The summed E-state index contributed by atoms with van der Waals surface area (Å²) >= 11 is 0. The third-order valence-electron chi connectivity index (χ3n) is 3.43. The molecule has 4 heteroatoms. The van der Waals surface area contributed by atoms with Crippen molar-refractivity contribution in [2.24, 2.45) is 5.92 Å². The maximum atomic E-state index is 9.59. The second-order valence-corrected chi connectivity index (χ2v) is 5.09. The van der Waals surface area contributed by atoms with Gasteiger partial charge in [-0.15, -0.1) is 0 Å². The summed E-state index contributed by atoms with van der Waals surface area (Å²) < 4.78 is 5.49. The van der Waals surface area contributed by atoms with E-state index in [1.807, 2.05) is 19.2 Å². The lowest BCUT2D eigenvalue weighted by atomic mass is 10.0. The second kappa shape index (κ2) is 6.16. The molecule has 0 saturated carbocycles. The van der Waals surface area contributed by atoms with E-state index in [4.69, 9.17) is 4.74 Å². The number of hydrogen-bond acceptors (Lipinski definition) is 4. The van der Waals surface area contributed by atoms with Crippen LogP contribution in [0.4, 0.5) is 5.82 Å². The average molecular weight is 250 g/mol. The van der Waals surface area contributed by atoms with Gasteiger partial charge in [0, 0.05) is 26.4 Å². The van der Waals surface area contributed by atoms with Crippen molar-refractivity contribution >= 4 is 5.82 Å². The first kappa shape index (κ1) is 13.3. The molecule has 1 aliphatic rings. The van der Waals surface area contributed by atoms with Gasteiger partial charge >= 0.3 is 0 Å². The summed E-state index contributed by atoms with van der Waals surface area (Å²) in [5.41, 5.74) is 0.909. The zero-order valence-electron chi connectivity index (χ0n) is 11.2. The molecule has 1 aromatic rings. The maximum Gasteiger partial charge on any atom is 0.128 e. The van der Waals surface area contributed by atoms with E-state index < -0.39 is 6.10 Å². The van der Waals surface area contributed by atoms with Crippen LogP contribution in [0.1, 0.15) is 31.4 Å². The third-order valence-corrected chi connectivity index (χ3v) is 3.43. The van der Waals surface area contributed by atoms with Crippen LogP contribution in [0.15, 0.2) is 18.3 Å². The van der Waals surface area contributed by atoms with E-state index >= 15 is 0 Å². The highest BCUT2D eigenvalue weighted by molar-refractivity contribution is 5.40. The summed E-state index contributed by atoms with van der Waals surface area (Å²) in [5, 5.41) is 9.59. The van der Waals surface area contributed by atoms with Gasteiger partial charge in [0.05, 0.1) is 12.7 Å². The first-order valence-corrected chi connectivity index (χ1v) is 6.59. The maximum absolute atomic E-state index is 9.59. The number of pyridine rings is 1.